The molecule has 1 aromatic heterocycles. The van der Waals surface area contributed by atoms with Gasteiger partial charge in [0.2, 0.25) is 15.9 Å². The lowest BCUT2D eigenvalue weighted by Gasteiger charge is -2.30. The highest BCUT2D eigenvalue weighted by Crippen LogP contribution is 2.26. The number of nitrogens with two attached hydrogens (primary N) is 1. The molecule has 1 amide bonds. The van der Waals surface area contributed by atoms with Crippen LogP contribution in [0.5, 0.6) is 0 Å². The summed E-state index contributed by atoms with van der Waals surface area (Å²) >= 11 is 0. The SMILES string of the molecule is Nc1ccc(NC(=O)C2CCN(S(=O)(=O)c3cc(F)ccc3F)CC2)cn1. The van der Waals surface area contributed by atoms with E-state index in [2.05, 4.69) is 10.3 Å². The Bertz CT molecular complexity index is 943. The molecule has 2 heterocycles. The third-order valence-corrected chi connectivity index (χ3v) is 6.30. The van der Waals surface area contributed by atoms with E-state index in [0.717, 1.165) is 16.4 Å². The summed E-state index contributed by atoms with van der Waals surface area (Å²) in [6, 6.07) is 5.47. The van der Waals surface area contributed by atoms with Gasteiger partial charge in [-0.2, -0.15) is 4.31 Å². The van der Waals surface area contributed by atoms with Crippen LogP contribution in [0.1, 0.15) is 12.8 Å². The zero-order valence-corrected chi connectivity index (χ0v) is 15.0. The number of sulfonamides is 1. The summed E-state index contributed by atoms with van der Waals surface area (Å²) in [4.78, 5) is 15.5. The van der Waals surface area contributed by atoms with Crippen LogP contribution in [0.2, 0.25) is 0 Å². The van der Waals surface area contributed by atoms with Crippen LogP contribution < -0.4 is 11.1 Å². The Morgan fingerprint density at radius 3 is 2.52 bits per heavy atom. The summed E-state index contributed by atoms with van der Waals surface area (Å²) in [7, 11) is -4.17. The van der Waals surface area contributed by atoms with Crippen LogP contribution >= 0.6 is 0 Å². The van der Waals surface area contributed by atoms with Crippen molar-refractivity contribution in [3.05, 3.63) is 48.2 Å². The molecule has 1 aromatic carbocycles. The fraction of sp³-hybridized carbons (Fsp3) is 0.294. The molecule has 144 valence electrons. The second-order valence-corrected chi connectivity index (χ2v) is 8.12. The lowest BCUT2D eigenvalue weighted by molar-refractivity contribution is -0.120. The minimum atomic E-state index is -4.17. The number of piperidine rings is 1. The Morgan fingerprint density at radius 2 is 1.89 bits per heavy atom. The number of carbonyl (C=O) groups excluding carboxylic acids is 1. The van der Waals surface area contributed by atoms with Crippen LogP contribution in [-0.2, 0) is 14.8 Å². The molecule has 1 aliphatic rings. The van der Waals surface area contributed by atoms with Gasteiger partial charge in [0, 0.05) is 19.0 Å². The quantitative estimate of drug-likeness (QED) is 0.822. The van der Waals surface area contributed by atoms with Crippen LogP contribution in [-0.4, -0.2) is 36.7 Å². The van der Waals surface area contributed by atoms with Gasteiger partial charge in [-0.25, -0.2) is 22.2 Å². The molecular weight excluding hydrogens is 378 g/mol. The van der Waals surface area contributed by atoms with E-state index in [1.54, 1.807) is 12.1 Å². The van der Waals surface area contributed by atoms with Gasteiger partial charge >= 0.3 is 0 Å². The summed E-state index contributed by atoms with van der Waals surface area (Å²) in [5.74, 6) is -2.16. The van der Waals surface area contributed by atoms with E-state index in [0.29, 0.717) is 17.6 Å². The van der Waals surface area contributed by atoms with Crippen LogP contribution in [0, 0.1) is 17.6 Å². The average molecular weight is 396 g/mol. The van der Waals surface area contributed by atoms with Crippen LogP contribution in [0.3, 0.4) is 0 Å². The van der Waals surface area contributed by atoms with Crippen molar-refractivity contribution in [1.82, 2.24) is 9.29 Å². The number of amides is 1. The molecule has 7 nitrogen and oxygen atoms in total. The Labute approximate surface area is 155 Å². The maximum absolute atomic E-state index is 13.8. The minimum absolute atomic E-state index is 0.0381. The molecule has 1 fully saturated rings. The van der Waals surface area contributed by atoms with Gasteiger partial charge < -0.3 is 11.1 Å². The van der Waals surface area contributed by atoms with Crippen molar-refractivity contribution >= 4 is 27.4 Å². The fourth-order valence-electron chi connectivity index (χ4n) is 2.90. The number of pyridine rings is 1. The Hall–Kier alpha value is -2.59. The third kappa shape index (κ3) is 4.22. The Morgan fingerprint density at radius 1 is 1.19 bits per heavy atom. The molecule has 0 spiro atoms. The topological polar surface area (TPSA) is 105 Å². The van der Waals surface area contributed by atoms with Crippen molar-refractivity contribution < 1.29 is 22.0 Å². The number of hydrogen-bond acceptors (Lipinski definition) is 5. The van der Waals surface area contributed by atoms with Crippen molar-refractivity contribution in [2.45, 2.75) is 17.7 Å². The number of hydrogen-bond donors (Lipinski definition) is 2. The number of anilines is 2. The van der Waals surface area contributed by atoms with E-state index in [1.165, 1.54) is 6.20 Å². The largest absolute Gasteiger partial charge is 0.384 e. The molecule has 10 heteroatoms. The molecule has 0 bridgehead atoms. The maximum Gasteiger partial charge on any atom is 0.246 e. The van der Waals surface area contributed by atoms with Gasteiger partial charge in [0.15, 0.2) is 0 Å². The van der Waals surface area contributed by atoms with E-state index in [1.807, 2.05) is 0 Å². The van der Waals surface area contributed by atoms with Crippen molar-refractivity contribution in [2.24, 2.45) is 5.92 Å². The van der Waals surface area contributed by atoms with Crippen molar-refractivity contribution in [3.63, 3.8) is 0 Å². The minimum Gasteiger partial charge on any atom is -0.384 e. The van der Waals surface area contributed by atoms with Gasteiger partial charge in [-0.15, -0.1) is 0 Å². The average Bonchev–Trinajstić information content (AvgIpc) is 2.65. The molecule has 0 aliphatic carbocycles. The van der Waals surface area contributed by atoms with Gasteiger partial charge in [-0.3, -0.25) is 4.79 Å². The Balaban J connectivity index is 1.65. The number of nitrogens with one attached hydrogen (secondary N) is 1. The van der Waals surface area contributed by atoms with Crippen molar-refractivity contribution in [1.29, 1.82) is 0 Å². The second-order valence-electron chi connectivity index (χ2n) is 6.21. The van der Waals surface area contributed by atoms with Gasteiger partial charge in [0.1, 0.15) is 22.3 Å². The maximum atomic E-state index is 13.8. The molecule has 3 N–H and O–H groups in total. The normalized spacial score (nSPS) is 16.2. The third-order valence-electron chi connectivity index (χ3n) is 4.39. The molecule has 1 aliphatic heterocycles. The molecule has 0 saturated carbocycles. The smallest absolute Gasteiger partial charge is 0.246 e. The molecular formula is C17H18F2N4O3S. The predicted molar refractivity (Wildman–Crippen MR) is 95.1 cm³/mol. The van der Waals surface area contributed by atoms with Crippen LogP contribution in [0.15, 0.2) is 41.4 Å². The summed E-state index contributed by atoms with van der Waals surface area (Å²) in [5, 5.41) is 2.71. The summed E-state index contributed by atoms with van der Waals surface area (Å²) in [6.45, 7) is 0.0761. The Kier molecular flexibility index (Phi) is 5.38. The molecule has 2 aromatic rings. The highest BCUT2D eigenvalue weighted by Gasteiger charge is 2.33. The highest BCUT2D eigenvalue weighted by molar-refractivity contribution is 7.89. The fourth-order valence-corrected chi connectivity index (χ4v) is 4.44. The highest BCUT2D eigenvalue weighted by atomic mass is 32.2. The van der Waals surface area contributed by atoms with Gasteiger partial charge in [-0.1, -0.05) is 0 Å². The molecule has 3 rings (SSSR count). The summed E-state index contributed by atoms with van der Waals surface area (Å²) in [5.41, 5.74) is 5.98. The number of halogens is 2. The van der Waals surface area contributed by atoms with E-state index in [9.17, 15) is 22.0 Å². The molecule has 0 radical (unpaired) electrons. The predicted octanol–water partition coefficient (Wildman–Crippen LogP) is 1.98. The van der Waals surface area contributed by atoms with Crippen LogP contribution in [0.4, 0.5) is 20.3 Å². The monoisotopic (exact) mass is 396 g/mol. The first-order valence-corrected chi connectivity index (χ1v) is 9.69. The van der Waals surface area contributed by atoms with Gasteiger partial charge in [-0.05, 0) is 43.2 Å². The van der Waals surface area contributed by atoms with Gasteiger partial charge in [0.25, 0.3) is 0 Å². The number of carbonyl (C=O) groups is 1. The lowest BCUT2D eigenvalue weighted by Crippen LogP contribution is -2.41. The summed E-state index contributed by atoms with van der Waals surface area (Å²) in [6.07, 6.45) is 1.97. The van der Waals surface area contributed by atoms with E-state index < -0.39 is 32.5 Å². The lowest BCUT2D eigenvalue weighted by atomic mass is 9.97. The zero-order chi connectivity index (χ0) is 19.6. The first-order chi connectivity index (χ1) is 12.8. The first kappa shape index (κ1) is 19.2. The zero-order valence-electron chi connectivity index (χ0n) is 14.2. The molecule has 27 heavy (non-hydrogen) atoms. The molecule has 0 atom stereocenters. The van der Waals surface area contributed by atoms with E-state index in [4.69, 9.17) is 5.73 Å². The van der Waals surface area contributed by atoms with Crippen molar-refractivity contribution in [2.75, 3.05) is 24.1 Å². The molecule has 1 saturated heterocycles. The summed E-state index contributed by atoms with van der Waals surface area (Å²) < 4.78 is 53.4. The molecule has 0 unspecified atom stereocenters. The first-order valence-electron chi connectivity index (χ1n) is 8.25. The number of rotatable bonds is 4. The van der Waals surface area contributed by atoms with Gasteiger partial charge in [0.05, 0.1) is 11.9 Å². The standard InChI is InChI=1S/C17H18F2N4O3S/c18-12-1-3-14(19)15(9-12)27(25,26)23-7-5-11(6-8-23)17(24)22-13-2-4-16(20)21-10-13/h1-4,9-11H,5-8H2,(H2,20,21)(H,22,24). The van der Waals surface area contributed by atoms with E-state index in [-0.39, 0.29) is 31.8 Å². The number of nitrogens with zero attached hydrogens (tertiary/aromatic N) is 2. The second kappa shape index (κ2) is 7.57. The van der Waals surface area contributed by atoms with Crippen LogP contribution in [0.25, 0.3) is 0 Å². The van der Waals surface area contributed by atoms with E-state index >= 15 is 0 Å². The number of nitrogen functional groups attached to an aromatic ring is 1. The number of benzene rings is 1. The number of aromatic nitrogens is 1. The van der Waals surface area contributed by atoms with Crippen molar-refractivity contribution in [3.8, 4) is 0 Å².